The third-order valence-corrected chi connectivity index (χ3v) is 11.1. The average molecular weight is 654 g/mol. The molecule has 1 spiro atoms. The highest BCUT2D eigenvalue weighted by Gasteiger charge is 2.52. The lowest BCUT2D eigenvalue weighted by molar-refractivity contribution is 0.441. The number of rotatable bonds is 3. The van der Waals surface area contributed by atoms with Gasteiger partial charge in [0.1, 0.15) is 17.1 Å². The third-order valence-electron chi connectivity index (χ3n) is 11.1. The standard InChI is InChI=1S/C48H31NO2/c1-30-14-2-9-23-40(30)49(42-25-12-19-34-33-17-6-10-26-43(33)50-47(34)42)41-24-13-22-38-45(41)35-18-5-7-20-36(35)48(38)37-21-8-11-27-44(37)51-46-32-16-4-3-15-31(32)28-29-39(46)48/h2-29H,1H3. The van der Waals surface area contributed by atoms with Gasteiger partial charge in [0.2, 0.25) is 0 Å². The van der Waals surface area contributed by atoms with Crippen LogP contribution in [0.5, 0.6) is 11.5 Å². The van der Waals surface area contributed by atoms with Crippen LogP contribution in [-0.4, -0.2) is 0 Å². The largest absolute Gasteiger partial charge is 0.456 e. The van der Waals surface area contributed by atoms with Gasteiger partial charge in [0.15, 0.2) is 5.58 Å². The van der Waals surface area contributed by atoms with Crippen LogP contribution in [0.1, 0.15) is 27.8 Å². The smallest absolute Gasteiger partial charge is 0.159 e. The maximum absolute atomic E-state index is 6.89. The van der Waals surface area contributed by atoms with E-state index in [0.717, 1.165) is 72.4 Å². The van der Waals surface area contributed by atoms with Crippen molar-refractivity contribution in [1.29, 1.82) is 0 Å². The van der Waals surface area contributed by atoms with E-state index in [1.165, 1.54) is 27.8 Å². The fourth-order valence-corrected chi connectivity index (χ4v) is 8.96. The molecule has 2 heterocycles. The number of aryl methyl sites for hydroxylation is 1. The zero-order chi connectivity index (χ0) is 33.7. The van der Waals surface area contributed by atoms with Crippen LogP contribution in [0.3, 0.4) is 0 Å². The Labute approximate surface area is 295 Å². The fraction of sp³-hybridized carbons (Fsp3) is 0.0417. The molecule has 8 aromatic carbocycles. The van der Waals surface area contributed by atoms with Crippen LogP contribution >= 0.6 is 0 Å². The second kappa shape index (κ2) is 10.5. The molecule has 0 fully saturated rings. The molecule has 0 bridgehead atoms. The number of nitrogens with zero attached hydrogens (tertiary/aromatic N) is 1. The Morgan fingerprint density at radius 1 is 0.471 bits per heavy atom. The van der Waals surface area contributed by atoms with Gasteiger partial charge >= 0.3 is 0 Å². The molecule has 1 aromatic heterocycles. The zero-order valence-electron chi connectivity index (χ0n) is 27.9. The van der Waals surface area contributed by atoms with Crippen LogP contribution < -0.4 is 9.64 Å². The molecule has 11 rings (SSSR count). The summed E-state index contributed by atoms with van der Waals surface area (Å²) < 4.78 is 13.6. The van der Waals surface area contributed by atoms with Gasteiger partial charge in [-0.25, -0.2) is 0 Å². The van der Waals surface area contributed by atoms with Crippen molar-refractivity contribution in [3.05, 3.63) is 198 Å². The molecule has 0 saturated carbocycles. The van der Waals surface area contributed by atoms with Crippen molar-refractivity contribution in [2.24, 2.45) is 0 Å². The second-order valence-corrected chi connectivity index (χ2v) is 13.6. The molecule has 240 valence electrons. The maximum atomic E-state index is 6.89. The SMILES string of the molecule is Cc1ccccc1N(c1cccc2c1-c1ccccc1C21c2ccccc2Oc2c1ccc1ccccc21)c1cccc2c1oc1ccccc12. The molecule has 51 heavy (non-hydrogen) atoms. The summed E-state index contributed by atoms with van der Waals surface area (Å²) >= 11 is 0. The normalized spacial score (nSPS) is 15.4. The van der Waals surface area contributed by atoms with Gasteiger partial charge in [-0.15, -0.1) is 0 Å². The monoisotopic (exact) mass is 653 g/mol. The first-order valence-corrected chi connectivity index (χ1v) is 17.5. The molecule has 1 unspecified atom stereocenters. The highest BCUT2D eigenvalue weighted by molar-refractivity contribution is 6.11. The molecule has 0 N–H and O–H groups in total. The van der Waals surface area contributed by atoms with Crippen LogP contribution in [0, 0.1) is 6.92 Å². The van der Waals surface area contributed by atoms with Gasteiger partial charge in [0, 0.05) is 38.5 Å². The Bertz CT molecular complexity index is 2880. The molecule has 3 nitrogen and oxygen atoms in total. The number of anilines is 3. The highest BCUT2D eigenvalue weighted by atomic mass is 16.5. The Balaban J connectivity index is 1.28. The van der Waals surface area contributed by atoms with E-state index in [0.29, 0.717) is 0 Å². The average Bonchev–Trinajstić information content (AvgIpc) is 3.71. The Morgan fingerprint density at radius 3 is 2.06 bits per heavy atom. The fourth-order valence-electron chi connectivity index (χ4n) is 8.96. The third kappa shape index (κ3) is 3.72. The van der Waals surface area contributed by atoms with Crippen molar-refractivity contribution in [2.45, 2.75) is 12.3 Å². The van der Waals surface area contributed by atoms with E-state index >= 15 is 0 Å². The van der Waals surface area contributed by atoms with Crippen molar-refractivity contribution in [3.8, 4) is 22.6 Å². The molecule has 0 amide bonds. The minimum absolute atomic E-state index is 0.598. The van der Waals surface area contributed by atoms with Gasteiger partial charge < -0.3 is 14.1 Å². The summed E-state index contributed by atoms with van der Waals surface area (Å²) in [6.07, 6.45) is 0. The predicted octanol–water partition coefficient (Wildman–Crippen LogP) is 13.0. The molecule has 3 heteroatoms. The molecular weight excluding hydrogens is 623 g/mol. The van der Waals surface area contributed by atoms with E-state index in [2.05, 4.69) is 176 Å². The number of ether oxygens (including phenoxy) is 1. The molecule has 1 atom stereocenters. The minimum atomic E-state index is -0.598. The first-order chi connectivity index (χ1) is 25.2. The molecular formula is C48H31NO2. The van der Waals surface area contributed by atoms with E-state index in [-0.39, 0.29) is 0 Å². The van der Waals surface area contributed by atoms with Crippen molar-refractivity contribution in [1.82, 2.24) is 0 Å². The quantitative estimate of drug-likeness (QED) is 0.190. The van der Waals surface area contributed by atoms with Crippen molar-refractivity contribution >= 4 is 49.8 Å². The Morgan fingerprint density at radius 2 is 1.14 bits per heavy atom. The first-order valence-electron chi connectivity index (χ1n) is 17.5. The number of furan rings is 1. The lowest BCUT2D eigenvalue weighted by Gasteiger charge is -2.40. The predicted molar refractivity (Wildman–Crippen MR) is 208 cm³/mol. The first kappa shape index (κ1) is 28.3. The molecule has 1 aliphatic heterocycles. The van der Waals surface area contributed by atoms with E-state index in [1.807, 2.05) is 6.07 Å². The van der Waals surface area contributed by atoms with Crippen molar-refractivity contribution < 1.29 is 9.15 Å². The minimum Gasteiger partial charge on any atom is -0.456 e. The van der Waals surface area contributed by atoms with E-state index in [9.17, 15) is 0 Å². The summed E-state index contributed by atoms with van der Waals surface area (Å²) in [5, 5.41) is 4.49. The van der Waals surface area contributed by atoms with Crippen LogP contribution in [-0.2, 0) is 5.41 Å². The zero-order valence-corrected chi connectivity index (χ0v) is 27.9. The van der Waals surface area contributed by atoms with Gasteiger partial charge in [-0.2, -0.15) is 0 Å². The molecule has 2 aliphatic rings. The lowest BCUT2D eigenvalue weighted by atomic mass is 9.65. The van der Waals surface area contributed by atoms with Crippen LogP contribution in [0.25, 0.3) is 43.8 Å². The number of fused-ring (bicyclic) bond motifs is 14. The van der Waals surface area contributed by atoms with Crippen molar-refractivity contribution in [2.75, 3.05) is 4.90 Å². The topological polar surface area (TPSA) is 25.6 Å². The van der Waals surface area contributed by atoms with Crippen LogP contribution in [0.2, 0.25) is 0 Å². The summed E-state index contributed by atoms with van der Waals surface area (Å²) in [6.45, 7) is 2.19. The lowest BCUT2D eigenvalue weighted by Crippen LogP contribution is -2.32. The van der Waals surface area contributed by atoms with E-state index in [1.54, 1.807) is 0 Å². The second-order valence-electron chi connectivity index (χ2n) is 13.6. The molecule has 0 saturated heterocycles. The van der Waals surface area contributed by atoms with Gasteiger partial charge in [-0.05, 0) is 64.9 Å². The summed E-state index contributed by atoms with van der Waals surface area (Å²) in [6, 6.07) is 61.0. The number of para-hydroxylation sites is 4. The number of benzene rings is 8. The van der Waals surface area contributed by atoms with Gasteiger partial charge in [0.05, 0.1) is 16.8 Å². The van der Waals surface area contributed by atoms with Gasteiger partial charge in [-0.1, -0.05) is 140 Å². The van der Waals surface area contributed by atoms with Crippen molar-refractivity contribution in [3.63, 3.8) is 0 Å². The van der Waals surface area contributed by atoms with Gasteiger partial charge in [-0.3, -0.25) is 0 Å². The van der Waals surface area contributed by atoms with Crippen LogP contribution in [0.4, 0.5) is 17.1 Å². The number of hydrogen-bond donors (Lipinski definition) is 0. The maximum Gasteiger partial charge on any atom is 0.159 e. The molecule has 0 radical (unpaired) electrons. The highest BCUT2D eigenvalue weighted by Crippen LogP contribution is 2.65. The Hall–Kier alpha value is -6.58. The van der Waals surface area contributed by atoms with Gasteiger partial charge in [0.25, 0.3) is 0 Å². The van der Waals surface area contributed by atoms with E-state index in [4.69, 9.17) is 9.15 Å². The summed E-state index contributed by atoms with van der Waals surface area (Å²) in [5.41, 5.74) is 12.8. The Kier molecular flexibility index (Phi) is 5.80. The van der Waals surface area contributed by atoms with Crippen LogP contribution in [0.15, 0.2) is 174 Å². The summed E-state index contributed by atoms with van der Waals surface area (Å²) in [4.78, 5) is 2.42. The molecule has 1 aliphatic carbocycles. The number of hydrogen-bond acceptors (Lipinski definition) is 3. The molecule has 9 aromatic rings. The summed E-state index contributed by atoms with van der Waals surface area (Å²) in [5.74, 6) is 1.81. The van der Waals surface area contributed by atoms with E-state index < -0.39 is 5.41 Å². The summed E-state index contributed by atoms with van der Waals surface area (Å²) in [7, 11) is 0.